The third-order valence-corrected chi connectivity index (χ3v) is 6.51. The van der Waals surface area contributed by atoms with Crippen LogP contribution >= 0.6 is 11.6 Å². The summed E-state index contributed by atoms with van der Waals surface area (Å²) in [4.78, 5) is 16.3. The van der Waals surface area contributed by atoms with Gasteiger partial charge >= 0.3 is 0 Å². The summed E-state index contributed by atoms with van der Waals surface area (Å²) in [6.45, 7) is 4.77. The zero-order valence-corrected chi connectivity index (χ0v) is 16.3. The highest BCUT2D eigenvalue weighted by Gasteiger charge is 2.42. The molecule has 1 aromatic heterocycles. The summed E-state index contributed by atoms with van der Waals surface area (Å²) in [6.07, 6.45) is 6.44. The van der Waals surface area contributed by atoms with Gasteiger partial charge in [0.1, 0.15) is 5.60 Å². The standard InChI is InChI=1S/C21H27ClN2O2/c1-13(23-20(25)14-6-4-3-5-7-14)21(2)19-16(10-11-26-21)17-12-15(22)8-9-18(17)24-19/h8-9,12-14,24H,3-7,10-11H2,1-2H3,(H,23,25). The fraction of sp³-hybridized carbons (Fsp3) is 0.571. The second kappa shape index (κ2) is 6.90. The molecule has 2 N–H and O–H groups in total. The molecular weight excluding hydrogens is 348 g/mol. The van der Waals surface area contributed by atoms with E-state index in [0.29, 0.717) is 6.61 Å². The molecule has 26 heavy (non-hydrogen) atoms. The lowest BCUT2D eigenvalue weighted by Gasteiger charge is -2.40. The highest BCUT2D eigenvalue weighted by molar-refractivity contribution is 6.31. The van der Waals surface area contributed by atoms with Crippen molar-refractivity contribution in [1.29, 1.82) is 0 Å². The van der Waals surface area contributed by atoms with Crippen molar-refractivity contribution in [2.45, 2.75) is 64.0 Å². The van der Waals surface area contributed by atoms with Gasteiger partial charge in [0, 0.05) is 21.8 Å². The van der Waals surface area contributed by atoms with Crippen LogP contribution in [-0.4, -0.2) is 23.5 Å². The fourth-order valence-corrected chi connectivity index (χ4v) is 4.69. The van der Waals surface area contributed by atoms with E-state index in [0.717, 1.165) is 53.7 Å². The third kappa shape index (κ3) is 3.03. The molecule has 0 spiro atoms. The predicted octanol–water partition coefficient (Wildman–Crippen LogP) is 4.69. The molecule has 1 aliphatic heterocycles. The van der Waals surface area contributed by atoms with E-state index in [1.165, 1.54) is 12.0 Å². The highest BCUT2D eigenvalue weighted by Crippen LogP contribution is 2.39. The Labute approximate surface area is 159 Å². The second-order valence-corrected chi connectivity index (χ2v) is 8.38. The molecule has 0 bridgehead atoms. The van der Waals surface area contributed by atoms with Gasteiger partial charge in [0.25, 0.3) is 0 Å². The Hall–Kier alpha value is -1.52. The maximum atomic E-state index is 12.7. The number of fused-ring (bicyclic) bond motifs is 3. The van der Waals surface area contributed by atoms with Crippen LogP contribution in [0.4, 0.5) is 0 Å². The van der Waals surface area contributed by atoms with Crippen molar-refractivity contribution >= 4 is 28.4 Å². The van der Waals surface area contributed by atoms with Crippen LogP contribution in [0.25, 0.3) is 10.9 Å². The third-order valence-electron chi connectivity index (χ3n) is 6.28. The first-order valence-corrected chi connectivity index (χ1v) is 10.1. The van der Waals surface area contributed by atoms with Gasteiger partial charge in [-0.1, -0.05) is 30.9 Å². The maximum Gasteiger partial charge on any atom is 0.223 e. The van der Waals surface area contributed by atoms with Crippen LogP contribution in [0.1, 0.15) is 57.2 Å². The number of benzene rings is 1. The van der Waals surface area contributed by atoms with Gasteiger partial charge in [-0.15, -0.1) is 0 Å². The van der Waals surface area contributed by atoms with Crippen molar-refractivity contribution in [3.63, 3.8) is 0 Å². The number of ether oxygens (including phenoxy) is 1. The molecule has 2 aliphatic rings. The van der Waals surface area contributed by atoms with Crippen molar-refractivity contribution in [3.8, 4) is 0 Å². The first kappa shape index (κ1) is 17.9. The molecule has 4 rings (SSSR count). The van der Waals surface area contributed by atoms with Crippen LogP contribution in [0.3, 0.4) is 0 Å². The lowest BCUT2D eigenvalue weighted by atomic mass is 9.85. The van der Waals surface area contributed by atoms with E-state index in [4.69, 9.17) is 16.3 Å². The van der Waals surface area contributed by atoms with Gasteiger partial charge in [0.15, 0.2) is 0 Å². The molecule has 5 heteroatoms. The lowest BCUT2D eigenvalue weighted by molar-refractivity contribution is -0.131. The van der Waals surface area contributed by atoms with Gasteiger partial charge in [-0.2, -0.15) is 0 Å². The smallest absolute Gasteiger partial charge is 0.223 e. The minimum Gasteiger partial charge on any atom is -0.367 e. The first-order valence-electron chi connectivity index (χ1n) is 9.74. The Morgan fingerprint density at radius 2 is 2.12 bits per heavy atom. The number of aromatic nitrogens is 1. The van der Waals surface area contributed by atoms with Crippen molar-refractivity contribution in [2.24, 2.45) is 5.92 Å². The van der Waals surface area contributed by atoms with E-state index in [2.05, 4.69) is 17.2 Å². The van der Waals surface area contributed by atoms with E-state index in [1.54, 1.807) is 0 Å². The number of carbonyl (C=O) groups excluding carboxylic acids is 1. The van der Waals surface area contributed by atoms with Gasteiger partial charge in [-0.3, -0.25) is 4.79 Å². The molecule has 2 unspecified atom stereocenters. The first-order chi connectivity index (χ1) is 12.5. The second-order valence-electron chi connectivity index (χ2n) is 7.94. The number of H-pyrrole nitrogens is 1. The Kier molecular flexibility index (Phi) is 4.74. The highest BCUT2D eigenvalue weighted by atomic mass is 35.5. The SMILES string of the molecule is CC(NC(=O)C1CCCCC1)C1(C)OCCc2c1[nH]c1ccc(Cl)cc21. The number of halogens is 1. The quantitative estimate of drug-likeness (QED) is 0.818. The van der Waals surface area contributed by atoms with Crippen LogP contribution in [0.5, 0.6) is 0 Å². The summed E-state index contributed by atoms with van der Waals surface area (Å²) in [5.41, 5.74) is 2.83. The Morgan fingerprint density at radius 3 is 2.88 bits per heavy atom. The molecule has 140 valence electrons. The molecule has 0 radical (unpaired) electrons. The number of hydrogen-bond donors (Lipinski definition) is 2. The van der Waals surface area contributed by atoms with Crippen molar-refractivity contribution < 1.29 is 9.53 Å². The molecule has 2 atom stereocenters. The molecule has 1 aliphatic carbocycles. The van der Waals surface area contributed by atoms with Gasteiger partial charge in [0.05, 0.1) is 18.3 Å². The Balaban J connectivity index is 1.62. The topological polar surface area (TPSA) is 54.1 Å². The number of carbonyl (C=O) groups is 1. The average molecular weight is 375 g/mol. The number of hydrogen-bond acceptors (Lipinski definition) is 2. The van der Waals surface area contributed by atoms with E-state index in [-0.39, 0.29) is 17.9 Å². The summed E-state index contributed by atoms with van der Waals surface area (Å²) in [5, 5.41) is 5.15. The van der Waals surface area contributed by atoms with Gasteiger partial charge in [-0.05, 0) is 56.9 Å². The number of amides is 1. The molecule has 2 heterocycles. The Bertz CT molecular complexity index is 825. The van der Waals surface area contributed by atoms with Crippen molar-refractivity contribution in [3.05, 3.63) is 34.5 Å². The van der Waals surface area contributed by atoms with Gasteiger partial charge in [0.2, 0.25) is 5.91 Å². The number of nitrogens with one attached hydrogen (secondary N) is 2. The molecule has 0 saturated heterocycles. The summed E-state index contributed by atoms with van der Waals surface area (Å²) >= 11 is 6.20. The molecule has 1 fully saturated rings. The zero-order valence-electron chi connectivity index (χ0n) is 15.5. The van der Waals surface area contributed by atoms with E-state index < -0.39 is 5.60 Å². The largest absolute Gasteiger partial charge is 0.367 e. The van der Waals surface area contributed by atoms with Crippen molar-refractivity contribution in [1.82, 2.24) is 10.3 Å². The molecule has 1 saturated carbocycles. The molecule has 1 amide bonds. The summed E-state index contributed by atoms with van der Waals surface area (Å²) in [6, 6.07) is 5.82. The van der Waals surface area contributed by atoms with E-state index in [9.17, 15) is 4.79 Å². The van der Waals surface area contributed by atoms with Gasteiger partial charge in [-0.25, -0.2) is 0 Å². The average Bonchev–Trinajstić information content (AvgIpc) is 3.02. The molecule has 1 aromatic carbocycles. The van der Waals surface area contributed by atoms with Gasteiger partial charge < -0.3 is 15.0 Å². The Morgan fingerprint density at radius 1 is 1.35 bits per heavy atom. The summed E-state index contributed by atoms with van der Waals surface area (Å²) < 4.78 is 6.22. The summed E-state index contributed by atoms with van der Waals surface area (Å²) in [7, 11) is 0. The van der Waals surface area contributed by atoms with Crippen LogP contribution in [0.15, 0.2) is 18.2 Å². The normalized spacial score (nSPS) is 25.0. The van der Waals surface area contributed by atoms with Crippen LogP contribution in [0.2, 0.25) is 5.02 Å². The fourth-order valence-electron chi connectivity index (χ4n) is 4.52. The van der Waals surface area contributed by atoms with E-state index >= 15 is 0 Å². The minimum absolute atomic E-state index is 0.112. The summed E-state index contributed by atoms with van der Waals surface area (Å²) in [5.74, 6) is 0.327. The monoisotopic (exact) mass is 374 g/mol. The molecule has 2 aromatic rings. The lowest BCUT2D eigenvalue weighted by Crippen LogP contribution is -2.52. The van der Waals surface area contributed by atoms with Crippen LogP contribution in [0, 0.1) is 5.92 Å². The molecular formula is C21H27ClN2O2. The maximum absolute atomic E-state index is 12.7. The number of aromatic amines is 1. The van der Waals surface area contributed by atoms with Crippen LogP contribution < -0.4 is 5.32 Å². The van der Waals surface area contributed by atoms with E-state index in [1.807, 2.05) is 25.1 Å². The minimum atomic E-state index is -0.566. The zero-order chi connectivity index (χ0) is 18.3. The predicted molar refractivity (Wildman–Crippen MR) is 104 cm³/mol. The van der Waals surface area contributed by atoms with Crippen LogP contribution in [-0.2, 0) is 21.6 Å². The molecule has 4 nitrogen and oxygen atoms in total. The number of rotatable bonds is 3. The van der Waals surface area contributed by atoms with Crippen molar-refractivity contribution in [2.75, 3.05) is 6.61 Å².